The Kier molecular flexibility index (Phi) is 3.90. The van der Waals surface area contributed by atoms with E-state index in [1.165, 1.54) is 18.2 Å². The first kappa shape index (κ1) is 15.0. The van der Waals surface area contributed by atoms with Crippen molar-refractivity contribution in [2.24, 2.45) is 0 Å². The Bertz CT molecular complexity index is 799. The zero-order chi connectivity index (χ0) is 15.9. The molecule has 0 aliphatic carbocycles. The topological polar surface area (TPSA) is 15.3 Å². The zero-order valence-electron chi connectivity index (χ0n) is 11.8. The van der Waals surface area contributed by atoms with Crippen molar-refractivity contribution < 1.29 is 8.78 Å². The summed E-state index contributed by atoms with van der Waals surface area (Å²) >= 11 is 2.04. The monoisotopic (exact) mass is 410 g/mol. The van der Waals surface area contributed by atoms with Crippen LogP contribution in [0.15, 0.2) is 49.2 Å². The lowest BCUT2D eigenvalue weighted by atomic mass is 9.99. The Hall–Kier alpha value is -1.89. The van der Waals surface area contributed by atoms with Crippen molar-refractivity contribution in [2.75, 3.05) is 17.3 Å². The van der Waals surface area contributed by atoms with Crippen LogP contribution in [0.1, 0.15) is 5.56 Å². The third kappa shape index (κ3) is 2.72. The fourth-order valence-electron chi connectivity index (χ4n) is 2.41. The number of hydrogen-bond donors (Lipinski definition) is 1. The zero-order valence-corrected chi connectivity index (χ0v) is 14.0. The molecule has 2 aromatic carbocycles. The van der Waals surface area contributed by atoms with E-state index in [2.05, 4.69) is 11.9 Å². The molecule has 0 saturated carbocycles. The maximum Gasteiger partial charge on any atom is 0.147 e. The van der Waals surface area contributed by atoms with Crippen molar-refractivity contribution in [3.8, 4) is 0 Å². The summed E-state index contributed by atoms with van der Waals surface area (Å²) in [6.07, 6.45) is 3.66. The molecule has 0 atom stereocenters. The molecule has 0 amide bonds. The molecule has 5 heteroatoms. The summed E-state index contributed by atoms with van der Waals surface area (Å²) in [5.74, 6) is -0.766. The van der Waals surface area contributed by atoms with E-state index in [9.17, 15) is 8.78 Å². The second-order valence-corrected chi connectivity index (χ2v) is 6.29. The van der Waals surface area contributed by atoms with E-state index in [-0.39, 0.29) is 11.6 Å². The Labute approximate surface area is 141 Å². The predicted molar refractivity (Wildman–Crippen MR) is 95.4 cm³/mol. The van der Waals surface area contributed by atoms with Gasteiger partial charge < -0.3 is 10.2 Å². The van der Waals surface area contributed by atoms with Crippen LogP contribution in [0.2, 0.25) is 0 Å². The molecule has 1 aliphatic rings. The lowest BCUT2D eigenvalue weighted by Crippen LogP contribution is -2.15. The van der Waals surface area contributed by atoms with Crippen molar-refractivity contribution in [3.05, 3.63) is 70.0 Å². The fraction of sp³-hybridized carbons (Fsp3) is 0.0588. The highest BCUT2D eigenvalue weighted by Crippen LogP contribution is 2.39. The third-order valence-electron chi connectivity index (χ3n) is 3.48. The van der Waals surface area contributed by atoms with E-state index in [4.69, 9.17) is 0 Å². The van der Waals surface area contributed by atoms with E-state index in [1.54, 1.807) is 12.1 Å². The van der Waals surface area contributed by atoms with Gasteiger partial charge in [0.15, 0.2) is 0 Å². The molecule has 0 saturated heterocycles. The highest BCUT2D eigenvalue weighted by molar-refractivity contribution is 14.1. The molecule has 1 heterocycles. The summed E-state index contributed by atoms with van der Waals surface area (Å²) in [6.45, 7) is 3.99. The van der Waals surface area contributed by atoms with Gasteiger partial charge in [0.1, 0.15) is 11.6 Å². The van der Waals surface area contributed by atoms with Gasteiger partial charge >= 0.3 is 0 Å². The molecular weight excluding hydrogens is 397 g/mol. The summed E-state index contributed by atoms with van der Waals surface area (Å²) in [5.41, 5.74) is 3.02. The standard InChI is InChI=1S/C17H13F2IN2/c1-10-5-6-22(2)16-8-11(18)7-15(17(10)16)21-14-4-3-12(20)9-13(14)19/h3-9,21H,1H2,2H3. The lowest BCUT2D eigenvalue weighted by molar-refractivity contribution is 0.626. The molecule has 0 unspecified atom stereocenters. The average molecular weight is 410 g/mol. The smallest absolute Gasteiger partial charge is 0.147 e. The maximum atomic E-state index is 14.0. The minimum atomic E-state index is -0.387. The van der Waals surface area contributed by atoms with Gasteiger partial charge in [0.2, 0.25) is 0 Å². The molecular formula is C17H13F2IN2. The summed E-state index contributed by atoms with van der Waals surface area (Å²) in [6, 6.07) is 7.65. The van der Waals surface area contributed by atoms with Crippen LogP contribution in [0.3, 0.4) is 0 Å². The molecule has 0 spiro atoms. The van der Waals surface area contributed by atoms with Crippen LogP contribution >= 0.6 is 22.6 Å². The van der Waals surface area contributed by atoms with Crippen LogP contribution in [0.5, 0.6) is 0 Å². The normalized spacial score (nSPS) is 13.3. The lowest BCUT2D eigenvalue weighted by Gasteiger charge is -2.26. The highest BCUT2D eigenvalue weighted by atomic mass is 127. The molecule has 112 valence electrons. The number of allylic oxidation sites excluding steroid dienone is 2. The van der Waals surface area contributed by atoms with E-state index in [0.717, 1.165) is 14.7 Å². The maximum absolute atomic E-state index is 14.0. The Morgan fingerprint density at radius 1 is 1.14 bits per heavy atom. The highest BCUT2D eigenvalue weighted by Gasteiger charge is 2.19. The van der Waals surface area contributed by atoms with Crippen LogP contribution in [0.25, 0.3) is 5.57 Å². The van der Waals surface area contributed by atoms with Crippen LogP contribution in [-0.2, 0) is 0 Å². The van der Waals surface area contributed by atoms with Crippen molar-refractivity contribution in [1.82, 2.24) is 0 Å². The number of rotatable bonds is 2. The van der Waals surface area contributed by atoms with Crippen LogP contribution in [0, 0.1) is 15.2 Å². The number of benzene rings is 2. The molecule has 0 radical (unpaired) electrons. The van der Waals surface area contributed by atoms with Gasteiger partial charge in [-0.3, -0.25) is 0 Å². The van der Waals surface area contributed by atoms with Crippen molar-refractivity contribution >= 4 is 45.2 Å². The van der Waals surface area contributed by atoms with Crippen molar-refractivity contribution in [2.45, 2.75) is 0 Å². The van der Waals surface area contributed by atoms with Gasteiger partial charge in [0.25, 0.3) is 0 Å². The van der Waals surface area contributed by atoms with Crippen LogP contribution in [0.4, 0.5) is 25.8 Å². The van der Waals surface area contributed by atoms with Gasteiger partial charge in [-0.15, -0.1) is 0 Å². The largest absolute Gasteiger partial charge is 0.352 e. The quantitative estimate of drug-likeness (QED) is 0.677. The molecule has 0 bridgehead atoms. The Balaban J connectivity index is 2.10. The van der Waals surface area contributed by atoms with Gasteiger partial charge in [-0.1, -0.05) is 6.58 Å². The first-order chi connectivity index (χ1) is 10.5. The third-order valence-corrected chi connectivity index (χ3v) is 4.15. The van der Waals surface area contributed by atoms with Crippen LogP contribution < -0.4 is 10.2 Å². The summed E-state index contributed by atoms with van der Waals surface area (Å²) in [4.78, 5) is 1.81. The molecule has 22 heavy (non-hydrogen) atoms. The minimum absolute atomic E-state index is 0.304. The Morgan fingerprint density at radius 3 is 2.64 bits per heavy atom. The predicted octanol–water partition coefficient (Wildman–Crippen LogP) is 5.29. The number of anilines is 3. The van der Waals surface area contributed by atoms with Gasteiger partial charge in [0, 0.05) is 22.4 Å². The summed E-state index contributed by atoms with van der Waals surface area (Å²) < 4.78 is 28.7. The fourth-order valence-corrected chi connectivity index (χ4v) is 2.86. The molecule has 2 nitrogen and oxygen atoms in total. The molecule has 3 rings (SSSR count). The molecule has 1 aliphatic heterocycles. The summed E-state index contributed by atoms with van der Waals surface area (Å²) in [5, 5.41) is 2.98. The van der Waals surface area contributed by atoms with E-state index in [1.807, 2.05) is 46.8 Å². The Morgan fingerprint density at radius 2 is 1.91 bits per heavy atom. The first-order valence-corrected chi connectivity index (χ1v) is 7.69. The van der Waals surface area contributed by atoms with Gasteiger partial charge in [-0.25, -0.2) is 8.78 Å². The second kappa shape index (κ2) is 5.72. The number of nitrogens with zero attached hydrogens (tertiary/aromatic N) is 1. The summed E-state index contributed by atoms with van der Waals surface area (Å²) in [7, 11) is 1.83. The van der Waals surface area contributed by atoms with Crippen molar-refractivity contribution in [3.63, 3.8) is 0 Å². The van der Waals surface area contributed by atoms with E-state index < -0.39 is 0 Å². The van der Waals surface area contributed by atoms with Gasteiger partial charge in [-0.05, 0) is 64.6 Å². The second-order valence-electron chi connectivity index (χ2n) is 5.05. The minimum Gasteiger partial charge on any atom is -0.352 e. The number of halogens is 3. The van der Waals surface area contributed by atoms with Crippen LogP contribution in [-0.4, -0.2) is 7.05 Å². The van der Waals surface area contributed by atoms with E-state index >= 15 is 0 Å². The molecule has 0 fully saturated rings. The number of hydrogen-bond acceptors (Lipinski definition) is 2. The van der Waals surface area contributed by atoms with Crippen molar-refractivity contribution in [1.29, 1.82) is 0 Å². The average Bonchev–Trinajstić information content (AvgIpc) is 2.45. The number of nitrogens with one attached hydrogen (secondary N) is 1. The van der Waals surface area contributed by atoms with E-state index in [0.29, 0.717) is 17.1 Å². The molecule has 2 aromatic rings. The molecule has 1 N–H and O–H groups in total. The first-order valence-electron chi connectivity index (χ1n) is 6.61. The SMILES string of the molecule is C=C1C=CN(C)c2cc(F)cc(Nc3ccc(I)cc3F)c21. The molecule has 0 aromatic heterocycles. The van der Waals surface area contributed by atoms with Gasteiger partial charge in [-0.2, -0.15) is 0 Å². The van der Waals surface area contributed by atoms with Gasteiger partial charge in [0.05, 0.1) is 17.1 Å². The number of fused-ring (bicyclic) bond motifs is 1.